The first kappa shape index (κ1) is 29.5. The van der Waals surface area contributed by atoms with Crippen LogP contribution in [0.1, 0.15) is 53.7 Å². The summed E-state index contributed by atoms with van der Waals surface area (Å²) in [5.41, 5.74) is 4.02. The SMILES string of the molecule is CCCc1c(OCCCOc2cc(O)c(-c3ccc(F)cc3)cc2CC)cccc1Oc1c(C)cccc1C(=O)O. The topological polar surface area (TPSA) is 85.2 Å². The number of phenolic OH excluding ortho intramolecular Hbond substituents is 1. The standard InChI is InChI=1S/C34H35FO6/c1-4-9-26-30(12-7-13-31(26)41-33-22(3)10-6-11-27(33)34(37)38)39-18-8-19-40-32-21-29(36)28(20-23(32)5-2)24-14-16-25(35)17-15-24/h6-7,10-17,20-21,36H,4-5,8-9,18-19H2,1-3H3,(H,37,38). The van der Waals surface area contributed by atoms with E-state index in [1.165, 1.54) is 18.2 Å². The smallest absolute Gasteiger partial charge is 0.339 e. The molecule has 0 aliphatic rings. The molecule has 0 aliphatic heterocycles. The zero-order valence-electron chi connectivity index (χ0n) is 23.6. The van der Waals surface area contributed by atoms with Gasteiger partial charge in [-0.1, -0.05) is 50.6 Å². The molecule has 4 aromatic carbocycles. The van der Waals surface area contributed by atoms with E-state index in [2.05, 4.69) is 6.92 Å². The quantitative estimate of drug-likeness (QED) is 0.160. The molecule has 0 amide bonds. The molecule has 2 N–H and O–H groups in total. The highest BCUT2D eigenvalue weighted by Gasteiger charge is 2.18. The zero-order valence-corrected chi connectivity index (χ0v) is 23.6. The number of carbonyl (C=O) groups is 1. The van der Waals surface area contributed by atoms with Crippen LogP contribution in [0.4, 0.5) is 4.39 Å². The van der Waals surface area contributed by atoms with Crippen molar-refractivity contribution in [1.82, 2.24) is 0 Å². The monoisotopic (exact) mass is 558 g/mol. The van der Waals surface area contributed by atoms with Crippen LogP contribution >= 0.6 is 0 Å². The van der Waals surface area contributed by atoms with Crippen molar-refractivity contribution in [2.75, 3.05) is 13.2 Å². The number of ether oxygens (including phenoxy) is 3. The fourth-order valence-electron chi connectivity index (χ4n) is 4.65. The van der Waals surface area contributed by atoms with Gasteiger partial charge in [0.25, 0.3) is 0 Å². The van der Waals surface area contributed by atoms with Crippen molar-refractivity contribution >= 4 is 5.97 Å². The molecule has 6 nitrogen and oxygen atoms in total. The number of halogens is 1. The average molecular weight is 559 g/mol. The minimum atomic E-state index is -1.04. The van der Waals surface area contributed by atoms with E-state index in [1.807, 2.05) is 44.2 Å². The van der Waals surface area contributed by atoms with E-state index in [-0.39, 0.29) is 17.1 Å². The third kappa shape index (κ3) is 7.17. The molecule has 0 bridgehead atoms. The maximum Gasteiger partial charge on any atom is 0.339 e. The Bertz CT molecular complexity index is 1500. The Labute approximate surface area is 240 Å². The van der Waals surface area contributed by atoms with Gasteiger partial charge in [-0.05, 0) is 72.9 Å². The van der Waals surface area contributed by atoms with Crippen molar-refractivity contribution in [2.45, 2.75) is 46.5 Å². The largest absolute Gasteiger partial charge is 0.507 e. The van der Waals surface area contributed by atoms with E-state index >= 15 is 0 Å². The highest BCUT2D eigenvalue weighted by Crippen LogP contribution is 2.37. The van der Waals surface area contributed by atoms with Gasteiger partial charge in [-0.15, -0.1) is 0 Å². The lowest BCUT2D eigenvalue weighted by Crippen LogP contribution is -2.08. The number of benzene rings is 4. The molecule has 0 heterocycles. The van der Waals surface area contributed by atoms with E-state index < -0.39 is 5.97 Å². The Kier molecular flexibility index (Phi) is 9.85. The highest BCUT2D eigenvalue weighted by atomic mass is 19.1. The molecule has 0 aromatic heterocycles. The fourth-order valence-corrected chi connectivity index (χ4v) is 4.65. The number of para-hydroxylation sites is 1. The van der Waals surface area contributed by atoms with Crippen LogP contribution < -0.4 is 14.2 Å². The molecule has 7 heteroatoms. The molecule has 0 unspecified atom stereocenters. The Morgan fingerprint density at radius 3 is 2.24 bits per heavy atom. The number of rotatable bonds is 13. The lowest BCUT2D eigenvalue weighted by Gasteiger charge is -2.18. The second kappa shape index (κ2) is 13.7. The van der Waals surface area contributed by atoms with E-state index in [9.17, 15) is 19.4 Å². The molecule has 0 spiro atoms. The van der Waals surface area contributed by atoms with Gasteiger partial charge in [0.05, 0.1) is 13.2 Å². The minimum Gasteiger partial charge on any atom is -0.507 e. The Balaban J connectivity index is 1.42. The van der Waals surface area contributed by atoms with Gasteiger partial charge < -0.3 is 24.4 Å². The molecule has 4 rings (SSSR count). The first-order valence-electron chi connectivity index (χ1n) is 13.8. The Morgan fingerprint density at radius 1 is 0.878 bits per heavy atom. The van der Waals surface area contributed by atoms with Gasteiger partial charge in [-0.3, -0.25) is 0 Å². The van der Waals surface area contributed by atoms with Gasteiger partial charge in [-0.2, -0.15) is 0 Å². The van der Waals surface area contributed by atoms with E-state index in [1.54, 1.807) is 24.3 Å². The molecule has 0 saturated carbocycles. The number of carboxylic acid groups (broad SMARTS) is 1. The van der Waals surface area contributed by atoms with Crippen LogP contribution in [0.15, 0.2) is 72.8 Å². The lowest BCUT2D eigenvalue weighted by atomic mass is 10.00. The summed E-state index contributed by atoms with van der Waals surface area (Å²) in [5.74, 6) is 0.880. The second-order valence-corrected chi connectivity index (χ2v) is 9.73. The van der Waals surface area contributed by atoms with Crippen molar-refractivity contribution in [3.63, 3.8) is 0 Å². The van der Waals surface area contributed by atoms with Gasteiger partial charge in [0.1, 0.15) is 40.1 Å². The number of hydrogen-bond acceptors (Lipinski definition) is 5. The third-order valence-electron chi connectivity index (χ3n) is 6.76. The molecule has 0 saturated heterocycles. The van der Waals surface area contributed by atoms with Gasteiger partial charge in [0, 0.05) is 23.6 Å². The van der Waals surface area contributed by atoms with Crippen LogP contribution in [0.5, 0.6) is 28.7 Å². The summed E-state index contributed by atoms with van der Waals surface area (Å²) in [5, 5.41) is 20.2. The summed E-state index contributed by atoms with van der Waals surface area (Å²) in [6.45, 7) is 6.67. The molecule has 0 atom stereocenters. The zero-order chi connectivity index (χ0) is 29.4. The van der Waals surface area contributed by atoms with Crippen molar-refractivity contribution in [1.29, 1.82) is 0 Å². The summed E-state index contributed by atoms with van der Waals surface area (Å²) in [6.07, 6.45) is 2.87. The van der Waals surface area contributed by atoms with Crippen molar-refractivity contribution in [3.8, 4) is 39.9 Å². The van der Waals surface area contributed by atoms with Crippen LogP contribution in [-0.2, 0) is 12.8 Å². The van der Waals surface area contributed by atoms with E-state index in [0.717, 1.165) is 28.7 Å². The Morgan fingerprint density at radius 2 is 1.56 bits per heavy atom. The van der Waals surface area contributed by atoms with Crippen molar-refractivity contribution in [2.24, 2.45) is 0 Å². The predicted molar refractivity (Wildman–Crippen MR) is 157 cm³/mol. The highest BCUT2D eigenvalue weighted by molar-refractivity contribution is 5.91. The summed E-state index contributed by atoms with van der Waals surface area (Å²) in [7, 11) is 0. The van der Waals surface area contributed by atoms with Crippen LogP contribution in [0.3, 0.4) is 0 Å². The Hall–Kier alpha value is -4.52. The predicted octanol–water partition coefficient (Wildman–Crippen LogP) is 8.36. The van der Waals surface area contributed by atoms with E-state index in [4.69, 9.17) is 14.2 Å². The number of aromatic hydroxyl groups is 1. The fraction of sp³-hybridized carbons (Fsp3) is 0.265. The summed E-state index contributed by atoms with van der Waals surface area (Å²) >= 11 is 0. The summed E-state index contributed by atoms with van der Waals surface area (Å²) in [4.78, 5) is 11.8. The molecule has 0 fully saturated rings. The van der Waals surface area contributed by atoms with Crippen LogP contribution in [-0.4, -0.2) is 29.4 Å². The molecule has 0 aliphatic carbocycles. The summed E-state index contributed by atoms with van der Waals surface area (Å²) < 4.78 is 31.6. The maximum absolute atomic E-state index is 13.3. The van der Waals surface area contributed by atoms with Gasteiger partial charge in [0.2, 0.25) is 0 Å². The summed E-state index contributed by atoms with van der Waals surface area (Å²) in [6, 6.07) is 20.1. The van der Waals surface area contributed by atoms with Gasteiger partial charge >= 0.3 is 5.97 Å². The number of carboxylic acids is 1. The normalized spacial score (nSPS) is 10.8. The second-order valence-electron chi connectivity index (χ2n) is 9.73. The number of hydrogen-bond donors (Lipinski definition) is 2. The minimum absolute atomic E-state index is 0.0702. The molecular formula is C34H35FO6. The first-order chi connectivity index (χ1) is 19.8. The van der Waals surface area contributed by atoms with Crippen LogP contribution in [0.2, 0.25) is 0 Å². The number of aryl methyl sites for hydroxylation is 2. The van der Waals surface area contributed by atoms with Gasteiger partial charge in [-0.25, -0.2) is 9.18 Å². The molecule has 0 radical (unpaired) electrons. The first-order valence-corrected chi connectivity index (χ1v) is 13.8. The maximum atomic E-state index is 13.3. The third-order valence-corrected chi connectivity index (χ3v) is 6.76. The lowest BCUT2D eigenvalue weighted by molar-refractivity contribution is 0.0694. The molecule has 4 aromatic rings. The van der Waals surface area contributed by atoms with Crippen LogP contribution in [0, 0.1) is 12.7 Å². The van der Waals surface area contributed by atoms with Crippen molar-refractivity contribution < 1.29 is 33.6 Å². The molecule has 41 heavy (non-hydrogen) atoms. The van der Waals surface area contributed by atoms with Crippen LogP contribution in [0.25, 0.3) is 11.1 Å². The van der Waals surface area contributed by atoms with Gasteiger partial charge in [0.15, 0.2) is 0 Å². The number of phenols is 1. The van der Waals surface area contributed by atoms with Crippen molar-refractivity contribution in [3.05, 3.63) is 101 Å². The average Bonchev–Trinajstić information content (AvgIpc) is 2.96. The molecular weight excluding hydrogens is 523 g/mol. The molecule has 214 valence electrons. The van der Waals surface area contributed by atoms with E-state index in [0.29, 0.717) is 61.0 Å². The number of aromatic carboxylic acids is 1.